The zero-order valence-corrected chi connectivity index (χ0v) is 17.4. The van der Waals surface area contributed by atoms with E-state index >= 15 is 0 Å². The predicted octanol–water partition coefficient (Wildman–Crippen LogP) is 5.98. The summed E-state index contributed by atoms with van der Waals surface area (Å²) in [7, 11) is 0. The minimum Gasteiger partial charge on any atom is -0.463 e. The molecule has 0 amide bonds. The highest BCUT2D eigenvalue weighted by Crippen LogP contribution is 2.10. The lowest BCUT2D eigenvalue weighted by atomic mass is 10.1. The summed E-state index contributed by atoms with van der Waals surface area (Å²) >= 11 is 0. The molecule has 4 heteroatoms. The Bertz CT molecular complexity index is 388. The number of esters is 2. The molecule has 4 nitrogen and oxygen atoms in total. The molecule has 0 radical (unpaired) electrons. The standard InChI is InChI=1S/C22H40O4/c1-5-6-7-8-9-10-11-12-13-14-17-25-21(23)15-16-22(24)26-20(4)18-19(2)3/h13-14,19-20H,5-12,15-18H2,1-4H3/b14-13+. The van der Waals surface area contributed by atoms with Crippen LogP contribution in [0.3, 0.4) is 0 Å². The Labute approximate surface area is 160 Å². The number of hydrogen-bond acceptors (Lipinski definition) is 4. The zero-order valence-electron chi connectivity index (χ0n) is 17.4. The third kappa shape index (κ3) is 17.5. The number of carbonyl (C=O) groups excluding carboxylic acids is 2. The van der Waals surface area contributed by atoms with Gasteiger partial charge in [0.05, 0.1) is 18.9 Å². The molecule has 0 heterocycles. The molecule has 0 spiro atoms. The van der Waals surface area contributed by atoms with E-state index in [1.807, 2.05) is 13.0 Å². The van der Waals surface area contributed by atoms with Gasteiger partial charge in [0.25, 0.3) is 0 Å². The highest BCUT2D eigenvalue weighted by Gasteiger charge is 2.13. The van der Waals surface area contributed by atoms with E-state index in [1.54, 1.807) is 0 Å². The second-order valence-corrected chi connectivity index (χ2v) is 7.49. The normalized spacial score (nSPS) is 12.5. The number of rotatable bonds is 16. The van der Waals surface area contributed by atoms with Crippen LogP contribution in [0.2, 0.25) is 0 Å². The van der Waals surface area contributed by atoms with Crippen molar-refractivity contribution in [1.29, 1.82) is 0 Å². The third-order valence-electron chi connectivity index (χ3n) is 4.15. The maximum Gasteiger partial charge on any atom is 0.306 e. The quantitative estimate of drug-likeness (QED) is 0.191. The summed E-state index contributed by atoms with van der Waals surface area (Å²) in [5.41, 5.74) is 0. The summed E-state index contributed by atoms with van der Waals surface area (Å²) in [5.74, 6) is -0.195. The van der Waals surface area contributed by atoms with E-state index in [1.165, 1.54) is 44.9 Å². The van der Waals surface area contributed by atoms with Gasteiger partial charge in [-0.2, -0.15) is 0 Å². The van der Waals surface area contributed by atoms with Crippen molar-refractivity contribution in [2.75, 3.05) is 6.61 Å². The molecular formula is C22H40O4. The van der Waals surface area contributed by atoms with Crippen molar-refractivity contribution < 1.29 is 19.1 Å². The number of allylic oxidation sites excluding steroid dienone is 1. The molecule has 0 aliphatic heterocycles. The average molecular weight is 369 g/mol. The predicted molar refractivity (Wildman–Crippen MR) is 107 cm³/mol. The summed E-state index contributed by atoms with van der Waals surface area (Å²) in [5, 5.41) is 0. The van der Waals surface area contributed by atoms with E-state index in [2.05, 4.69) is 26.8 Å². The molecule has 0 saturated carbocycles. The van der Waals surface area contributed by atoms with Crippen molar-refractivity contribution >= 4 is 11.9 Å². The van der Waals surface area contributed by atoms with Crippen LogP contribution in [0.1, 0.15) is 98.3 Å². The second kappa shape index (κ2) is 17.1. The Morgan fingerprint density at radius 2 is 1.46 bits per heavy atom. The summed E-state index contributed by atoms with van der Waals surface area (Å²) in [6.07, 6.45) is 15.0. The van der Waals surface area contributed by atoms with Crippen molar-refractivity contribution in [3.63, 3.8) is 0 Å². The second-order valence-electron chi connectivity index (χ2n) is 7.49. The molecule has 1 atom stereocenters. The van der Waals surface area contributed by atoms with Crippen LogP contribution in [0, 0.1) is 5.92 Å². The van der Waals surface area contributed by atoms with Gasteiger partial charge >= 0.3 is 11.9 Å². The first kappa shape index (κ1) is 24.7. The third-order valence-corrected chi connectivity index (χ3v) is 4.15. The lowest BCUT2D eigenvalue weighted by Crippen LogP contribution is -2.18. The molecule has 1 unspecified atom stereocenters. The molecule has 0 aromatic heterocycles. The van der Waals surface area contributed by atoms with E-state index in [-0.39, 0.29) is 37.5 Å². The molecule has 26 heavy (non-hydrogen) atoms. The van der Waals surface area contributed by atoms with Gasteiger partial charge in [0.15, 0.2) is 0 Å². The summed E-state index contributed by atoms with van der Waals surface area (Å²) in [4.78, 5) is 23.3. The van der Waals surface area contributed by atoms with Crippen LogP contribution >= 0.6 is 0 Å². The molecule has 0 N–H and O–H groups in total. The van der Waals surface area contributed by atoms with E-state index < -0.39 is 0 Å². The van der Waals surface area contributed by atoms with Gasteiger partial charge in [-0.25, -0.2) is 0 Å². The minimum absolute atomic E-state index is 0.0822. The fourth-order valence-electron chi connectivity index (χ4n) is 2.82. The monoisotopic (exact) mass is 368 g/mol. The number of hydrogen-bond donors (Lipinski definition) is 0. The fraction of sp³-hybridized carbons (Fsp3) is 0.818. The van der Waals surface area contributed by atoms with Crippen molar-refractivity contribution in [2.45, 2.75) is 104 Å². The van der Waals surface area contributed by atoms with Crippen molar-refractivity contribution in [1.82, 2.24) is 0 Å². The Morgan fingerprint density at radius 3 is 2.12 bits per heavy atom. The van der Waals surface area contributed by atoms with Crippen LogP contribution in [0.5, 0.6) is 0 Å². The topological polar surface area (TPSA) is 52.6 Å². The van der Waals surface area contributed by atoms with Gasteiger partial charge in [-0.1, -0.05) is 71.4 Å². The average Bonchev–Trinajstić information content (AvgIpc) is 2.57. The molecule has 0 aromatic carbocycles. The van der Waals surface area contributed by atoms with Gasteiger partial charge in [0.2, 0.25) is 0 Å². The SMILES string of the molecule is CCCCCCCCC/C=C/COC(=O)CCC(=O)OC(C)CC(C)C. The molecule has 0 saturated heterocycles. The molecule has 0 bridgehead atoms. The zero-order chi connectivity index (χ0) is 19.6. The van der Waals surface area contributed by atoms with Crippen molar-refractivity contribution in [3.05, 3.63) is 12.2 Å². The molecular weight excluding hydrogens is 328 g/mol. The highest BCUT2D eigenvalue weighted by atomic mass is 16.5. The van der Waals surface area contributed by atoms with Crippen molar-refractivity contribution in [2.24, 2.45) is 5.92 Å². The van der Waals surface area contributed by atoms with Crippen molar-refractivity contribution in [3.8, 4) is 0 Å². The first-order valence-electron chi connectivity index (χ1n) is 10.5. The van der Waals surface area contributed by atoms with E-state index in [0.29, 0.717) is 5.92 Å². The molecule has 152 valence electrons. The smallest absolute Gasteiger partial charge is 0.306 e. The lowest BCUT2D eigenvalue weighted by molar-refractivity contribution is -0.153. The molecule has 0 aliphatic rings. The molecule has 0 fully saturated rings. The summed E-state index contributed by atoms with van der Waals surface area (Å²) in [6.45, 7) is 8.57. The maximum absolute atomic E-state index is 11.7. The fourth-order valence-corrected chi connectivity index (χ4v) is 2.82. The van der Waals surface area contributed by atoms with Gasteiger partial charge < -0.3 is 9.47 Å². The molecule has 0 aliphatic carbocycles. The Morgan fingerprint density at radius 1 is 0.846 bits per heavy atom. The van der Waals surface area contributed by atoms with Gasteiger partial charge in [-0.15, -0.1) is 0 Å². The van der Waals surface area contributed by atoms with Gasteiger partial charge in [-0.05, 0) is 32.1 Å². The van der Waals surface area contributed by atoms with Crippen LogP contribution in [0.15, 0.2) is 12.2 Å². The van der Waals surface area contributed by atoms with Crippen LogP contribution in [0.25, 0.3) is 0 Å². The van der Waals surface area contributed by atoms with Crippen LogP contribution in [-0.4, -0.2) is 24.6 Å². The summed E-state index contributed by atoms with van der Waals surface area (Å²) in [6, 6.07) is 0. The number of ether oxygens (including phenoxy) is 2. The molecule has 0 rings (SSSR count). The Kier molecular flexibility index (Phi) is 16.2. The van der Waals surface area contributed by atoms with Crippen LogP contribution in [0.4, 0.5) is 0 Å². The first-order chi connectivity index (χ1) is 12.5. The maximum atomic E-state index is 11.7. The first-order valence-corrected chi connectivity index (χ1v) is 10.5. The Balaban J connectivity index is 3.54. The minimum atomic E-state index is -0.348. The van der Waals surface area contributed by atoms with E-state index in [9.17, 15) is 9.59 Å². The Hall–Kier alpha value is -1.32. The highest BCUT2D eigenvalue weighted by molar-refractivity contribution is 5.77. The van der Waals surface area contributed by atoms with Gasteiger partial charge in [0, 0.05) is 0 Å². The summed E-state index contributed by atoms with van der Waals surface area (Å²) < 4.78 is 10.4. The van der Waals surface area contributed by atoms with E-state index in [4.69, 9.17) is 9.47 Å². The largest absolute Gasteiger partial charge is 0.463 e. The number of unbranched alkanes of at least 4 members (excludes halogenated alkanes) is 7. The van der Waals surface area contributed by atoms with Crippen LogP contribution < -0.4 is 0 Å². The van der Waals surface area contributed by atoms with E-state index in [0.717, 1.165) is 12.8 Å². The number of carbonyl (C=O) groups is 2. The molecule has 0 aromatic rings. The van der Waals surface area contributed by atoms with Gasteiger partial charge in [-0.3, -0.25) is 9.59 Å². The lowest BCUT2D eigenvalue weighted by Gasteiger charge is -2.14. The van der Waals surface area contributed by atoms with Gasteiger partial charge in [0.1, 0.15) is 6.61 Å². The van der Waals surface area contributed by atoms with Crippen LogP contribution in [-0.2, 0) is 19.1 Å².